The molecule has 1 saturated carbocycles. The Morgan fingerprint density at radius 1 is 1.02 bits per heavy atom. The van der Waals surface area contributed by atoms with Gasteiger partial charge in [-0.1, -0.05) is 31.0 Å². The molecule has 7 rings (SSSR count). The average Bonchev–Trinajstić information content (AvgIpc) is 3.15. The molecule has 2 spiro atoms. The highest BCUT2D eigenvalue weighted by Gasteiger charge is 2.53. The van der Waals surface area contributed by atoms with Gasteiger partial charge in [-0.05, 0) is 105 Å². The highest BCUT2D eigenvalue weighted by molar-refractivity contribution is 7.90. The second-order valence-electron chi connectivity index (χ2n) is 14.0. The van der Waals surface area contributed by atoms with Crippen molar-refractivity contribution in [3.63, 3.8) is 0 Å². The Hall–Kier alpha value is -2.82. The molecule has 1 N–H and O–H groups in total. The van der Waals surface area contributed by atoms with Gasteiger partial charge in [-0.2, -0.15) is 0 Å². The largest absolute Gasteiger partial charge is 0.490 e. The molecule has 1 amide bonds. The topological polar surface area (TPSA) is 111 Å². The number of aryl methyl sites for hydroxylation is 1. The van der Waals surface area contributed by atoms with Gasteiger partial charge in [-0.15, -0.1) is 0 Å². The zero-order valence-corrected chi connectivity index (χ0v) is 28.0. The summed E-state index contributed by atoms with van der Waals surface area (Å²) in [4.78, 5) is 28.5. The minimum atomic E-state index is -3.92. The van der Waals surface area contributed by atoms with Crippen LogP contribution in [-0.4, -0.2) is 64.1 Å². The fourth-order valence-corrected chi connectivity index (χ4v) is 10.4. The quantitative estimate of drug-likeness (QED) is 0.393. The molecule has 0 aromatic heterocycles. The number of sulfonamides is 1. The molecule has 5 atom stereocenters. The van der Waals surface area contributed by atoms with E-state index in [2.05, 4.69) is 21.8 Å². The molecule has 2 aromatic rings. The lowest BCUT2D eigenvalue weighted by Gasteiger charge is -2.52. The maximum absolute atomic E-state index is 13.5. The van der Waals surface area contributed by atoms with E-state index < -0.39 is 26.8 Å². The zero-order chi connectivity index (χ0) is 32.1. The van der Waals surface area contributed by atoms with Crippen LogP contribution in [0.3, 0.4) is 0 Å². The molecular weight excluding hydrogens is 628 g/mol. The van der Waals surface area contributed by atoms with Crippen molar-refractivity contribution in [2.75, 3.05) is 37.8 Å². The van der Waals surface area contributed by atoms with Crippen LogP contribution in [0.25, 0.3) is 0 Å². The van der Waals surface area contributed by atoms with Gasteiger partial charge in [-0.25, -0.2) is 17.9 Å². The second-order valence-corrected chi connectivity index (χ2v) is 16.4. The molecule has 1 saturated heterocycles. The number of rotatable bonds is 1. The number of nitrogens with zero attached hydrogens (tertiary/aromatic N) is 1. The van der Waals surface area contributed by atoms with E-state index in [1.165, 1.54) is 11.1 Å². The van der Waals surface area contributed by atoms with Gasteiger partial charge in [0, 0.05) is 35.0 Å². The van der Waals surface area contributed by atoms with E-state index in [4.69, 9.17) is 25.8 Å². The van der Waals surface area contributed by atoms with E-state index in [0.29, 0.717) is 64.2 Å². The smallest absolute Gasteiger partial charge is 0.332 e. The number of esters is 1. The molecule has 248 valence electrons. The summed E-state index contributed by atoms with van der Waals surface area (Å²) in [7, 11) is -3.92. The molecule has 0 radical (unpaired) electrons. The molecule has 2 bridgehead atoms. The number of fused-ring (bicyclic) bond motifs is 5. The van der Waals surface area contributed by atoms with E-state index in [-0.39, 0.29) is 35.4 Å². The maximum atomic E-state index is 13.5. The molecule has 0 unspecified atom stereocenters. The van der Waals surface area contributed by atoms with Crippen molar-refractivity contribution in [2.45, 2.75) is 87.4 Å². The minimum Gasteiger partial charge on any atom is -0.490 e. The van der Waals surface area contributed by atoms with Crippen molar-refractivity contribution in [2.24, 2.45) is 11.8 Å². The van der Waals surface area contributed by atoms with Crippen molar-refractivity contribution in [1.82, 2.24) is 4.72 Å². The molecule has 46 heavy (non-hydrogen) atoms. The van der Waals surface area contributed by atoms with Gasteiger partial charge in [0.25, 0.3) is 5.91 Å². The van der Waals surface area contributed by atoms with Gasteiger partial charge in [0.05, 0.1) is 24.2 Å². The predicted molar refractivity (Wildman–Crippen MR) is 175 cm³/mol. The molecule has 2 aromatic carbocycles. The van der Waals surface area contributed by atoms with Gasteiger partial charge in [0.1, 0.15) is 18.0 Å². The standard InChI is InChI=1S/C35H43ClN2O7S/c1-2-27-7-3-4-15-35(22-43-19-32(39)45-35)29-11-8-25(29)18-38-20-34(14-5-6-23-16-26(36)10-12-28(23)34)21-44-31-13-9-24(17-30(31)38)33(40)37-46(27,41)42/h9-10,12-13,16-17,25,27,29H,2-8,11,14-15,18-22H2,1H3,(H,37,40)/t25-,27+,29+,34-,35+/m0/s1. The summed E-state index contributed by atoms with van der Waals surface area (Å²) in [5.41, 5.74) is 2.51. The van der Waals surface area contributed by atoms with Crippen LogP contribution in [0.5, 0.6) is 5.75 Å². The molecule has 9 nitrogen and oxygen atoms in total. The van der Waals surface area contributed by atoms with E-state index in [1.807, 2.05) is 13.0 Å². The van der Waals surface area contributed by atoms with Crippen molar-refractivity contribution in [3.05, 3.63) is 58.1 Å². The predicted octanol–water partition coefficient (Wildman–Crippen LogP) is 5.56. The van der Waals surface area contributed by atoms with Gasteiger partial charge in [0.2, 0.25) is 10.0 Å². The highest BCUT2D eigenvalue weighted by Crippen LogP contribution is 2.50. The van der Waals surface area contributed by atoms with Crippen LogP contribution < -0.4 is 14.4 Å². The first-order chi connectivity index (χ1) is 22.1. The summed E-state index contributed by atoms with van der Waals surface area (Å²) >= 11 is 6.43. The van der Waals surface area contributed by atoms with Crippen LogP contribution in [0, 0.1) is 11.8 Å². The Bertz CT molecular complexity index is 1630. The molecular formula is C35H43ClN2O7S. The Morgan fingerprint density at radius 2 is 1.89 bits per heavy atom. The summed E-state index contributed by atoms with van der Waals surface area (Å²) in [5.74, 6) is 0.0556. The van der Waals surface area contributed by atoms with Gasteiger partial charge in [-0.3, -0.25) is 4.79 Å². The molecule has 2 fully saturated rings. The van der Waals surface area contributed by atoms with E-state index in [0.717, 1.165) is 42.8 Å². The zero-order valence-electron chi connectivity index (χ0n) is 26.4. The molecule has 5 aliphatic rings. The highest BCUT2D eigenvalue weighted by atomic mass is 35.5. The molecule has 3 aliphatic heterocycles. The Balaban J connectivity index is 1.31. The van der Waals surface area contributed by atoms with Gasteiger partial charge >= 0.3 is 5.97 Å². The Labute approximate surface area is 276 Å². The summed E-state index contributed by atoms with van der Waals surface area (Å²) in [5, 5.41) is 0.0173. The first-order valence-corrected chi connectivity index (χ1v) is 18.7. The fourth-order valence-electron chi connectivity index (χ4n) is 8.75. The number of carbonyl (C=O) groups is 2. The first kappa shape index (κ1) is 31.8. The number of hydrogen-bond donors (Lipinski definition) is 1. The van der Waals surface area contributed by atoms with Gasteiger partial charge in [0.15, 0.2) is 0 Å². The Morgan fingerprint density at radius 3 is 2.67 bits per heavy atom. The number of benzene rings is 2. The van der Waals surface area contributed by atoms with Crippen LogP contribution in [0.15, 0.2) is 36.4 Å². The summed E-state index contributed by atoms with van der Waals surface area (Å²) in [6.45, 7) is 3.98. The van der Waals surface area contributed by atoms with E-state index in [9.17, 15) is 18.0 Å². The van der Waals surface area contributed by atoms with Crippen molar-refractivity contribution in [3.8, 4) is 5.75 Å². The monoisotopic (exact) mass is 670 g/mol. The van der Waals surface area contributed by atoms with Crippen LogP contribution >= 0.6 is 11.6 Å². The number of hydrogen-bond acceptors (Lipinski definition) is 8. The van der Waals surface area contributed by atoms with Crippen LogP contribution in [0.4, 0.5) is 5.69 Å². The third kappa shape index (κ3) is 5.79. The van der Waals surface area contributed by atoms with Crippen molar-refractivity contribution < 1.29 is 32.2 Å². The van der Waals surface area contributed by atoms with Crippen LogP contribution in [0.1, 0.15) is 86.2 Å². The summed E-state index contributed by atoms with van der Waals surface area (Å²) in [6, 6.07) is 11.4. The number of anilines is 1. The second kappa shape index (κ2) is 12.3. The number of ether oxygens (including phenoxy) is 3. The number of amides is 1. The van der Waals surface area contributed by atoms with E-state index >= 15 is 0 Å². The maximum Gasteiger partial charge on any atom is 0.332 e. The SMILES string of the molecule is CC[C@@H]1CCCC[C@@]2(COCC(=O)O2)[C@@H]2CC[C@H]2CN2C[C@@]3(CCCc4cc(Cl)ccc43)COc3ccc(cc32)C(=O)NS1(=O)=O. The van der Waals surface area contributed by atoms with Crippen molar-refractivity contribution in [1.29, 1.82) is 0 Å². The van der Waals surface area contributed by atoms with Crippen LogP contribution in [-0.2, 0) is 36.1 Å². The lowest BCUT2D eigenvalue weighted by molar-refractivity contribution is -0.215. The fraction of sp³-hybridized carbons (Fsp3) is 0.600. The van der Waals surface area contributed by atoms with Crippen molar-refractivity contribution >= 4 is 39.2 Å². The third-order valence-corrected chi connectivity index (χ3v) is 13.4. The molecule has 11 heteroatoms. The minimum absolute atomic E-state index is 0.0411. The van der Waals surface area contributed by atoms with Crippen LogP contribution in [0.2, 0.25) is 5.02 Å². The number of carbonyl (C=O) groups excluding carboxylic acids is 2. The van der Waals surface area contributed by atoms with Gasteiger partial charge < -0.3 is 19.1 Å². The lowest BCUT2D eigenvalue weighted by atomic mass is 9.62. The summed E-state index contributed by atoms with van der Waals surface area (Å²) in [6.07, 6.45) is 7.58. The molecule has 2 aliphatic carbocycles. The van der Waals surface area contributed by atoms with E-state index in [1.54, 1.807) is 18.2 Å². The average molecular weight is 671 g/mol. The Kier molecular flexibility index (Phi) is 8.51. The third-order valence-electron chi connectivity index (χ3n) is 11.2. The number of nitrogens with one attached hydrogen (secondary N) is 1. The first-order valence-electron chi connectivity index (χ1n) is 16.8. The lowest BCUT2D eigenvalue weighted by Crippen LogP contribution is -2.58. The number of halogens is 1. The molecule has 3 heterocycles. The normalized spacial score (nSPS) is 32.7. The summed E-state index contributed by atoms with van der Waals surface area (Å²) < 4.78 is 47.8.